The summed E-state index contributed by atoms with van der Waals surface area (Å²) < 4.78 is 0.649. The molecule has 20 heavy (non-hydrogen) atoms. The van der Waals surface area contributed by atoms with Crippen LogP contribution < -0.4 is 0 Å². The second kappa shape index (κ2) is 9.95. The third-order valence-corrected chi connectivity index (χ3v) is 2.62. The molecular formula is C13H13NO4S2. The van der Waals surface area contributed by atoms with Crippen LogP contribution in [0.2, 0.25) is 0 Å². The quantitative estimate of drug-likeness (QED) is 0.570. The number of nitrogens with zero attached hydrogens (tertiary/aromatic N) is 1. The lowest BCUT2D eigenvalue weighted by molar-refractivity contribution is -0.141. The third kappa shape index (κ3) is 8.24. The van der Waals surface area contributed by atoms with Crippen LogP contribution in [0, 0.1) is 17.2 Å². The molecule has 0 fully saturated rings. The Bertz CT molecular complexity index is 511. The van der Waals surface area contributed by atoms with Crippen molar-refractivity contribution in [2.45, 2.75) is 12.8 Å². The van der Waals surface area contributed by atoms with Crippen LogP contribution in [0.3, 0.4) is 0 Å². The Morgan fingerprint density at radius 3 is 2.15 bits per heavy atom. The van der Waals surface area contributed by atoms with Gasteiger partial charge in [-0.15, -0.1) is 12.6 Å². The molecule has 0 saturated heterocycles. The van der Waals surface area contributed by atoms with Gasteiger partial charge in [-0.3, -0.25) is 9.59 Å². The van der Waals surface area contributed by atoms with Crippen LogP contribution in [0.4, 0.5) is 0 Å². The van der Waals surface area contributed by atoms with Gasteiger partial charge in [0.15, 0.2) is 0 Å². The molecule has 0 saturated carbocycles. The first-order valence-corrected chi connectivity index (χ1v) is 6.36. The Morgan fingerprint density at radius 1 is 1.30 bits per heavy atom. The zero-order valence-electron chi connectivity index (χ0n) is 10.4. The fraction of sp³-hybridized carbons (Fsp3) is 0.231. The highest BCUT2D eigenvalue weighted by atomic mass is 32.1. The van der Waals surface area contributed by atoms with Crippen molar-refractivity contribution in [2.75, 3.05) is 0 Å². The van der Waals surface area contributed by atoms with E-state index in [-0.39, 0.29) is 12.8 Å². The number of carboxylic acid groups (broad SMARTS) is 2. The highest BCUT2D eigenvalue weighted by Crippen LogP contribution is 2.04. The van der Waals surface area contributed by atoms with Crippen LogP contribution >= 0.6 is 24.8 Å². The highest BCUT2D eigenvalue weighted by molar-refractivity contribution is 8.11. The van der Waals surface area contributed by atoms with Gasteiger partial charge in [0.1, 0.15) is 5.92 Å². The average molecular weight is 311 g/mol. The van der Waals surface area contributed by atoms with E-state index in [0.717, 1.165) is 5.56 Å². The average Bonchev–Trinajstić information content (AvgIpc) is 2.40. The molecule has 0 bridgehead atoms. The van der Waals surface area contributed by atoms with Crippen molar-refractivity contribution in [3.05, 3.63) is 35.9 Å². The SMILES string of the molecule is N#CC(CCC(=O)O)C(=O)O.S=C(S)c1ccccc1. The molecule has 1 atom stereocenters. The zero-order chi connectivity index (χ0) is 15.5. The predicted octanol–water partition coefficient (Wildman–Crippen LogP) is 2.37. The largest absolute Gasteiger partial charge is 0.481 e. The van der Waals surface area contributed by atoms with Gasteiger partial charge in [-0.1, -0.05) is 42.5 Å². The van der Waals surface area contributed by atoms with E-state index in [4.69, 9.17) is 27.7 Å². The molecule has 0 aromatic heterocycles. The molecule has 0 radical (unpaired) electrons. The van der Waals surface area contributed by atoms with E-state index < -0.39 is 17.9 Å². The number of thiol groups is 1. The summed E-state index contributed by atoms with van der Waals surface area (Å²) in [4.78, 5) is 20.1. The monoisotopic (exact) mass is 311 g/mol. The van der Waals surface area contributed by atoms with Crippen molar-refractivity contribution in [3.63, 3.8) is 0 Å². The first kappa shape index (κ1) is 18.1. The van der Waals surface area contributed by atoms with E-state index in [2.05, 4.69) is 12.6 Å². The summed E-state index contributed by atoms with van der Waals surface area (Å²) in [5.74, 6) is -3.56. The molecule has 1 aromatic carbocycles. The van der Waals surface area contributed by atoms with Crippen LogP contribution in [0.5, 0.6) is 0 Å². The molecule has 0 amide bonds. The van der Waals surface area contributed by atoms with E-state index in [1.165, 1.54) is 6.07 Å². The lowest BCUT2D eigenvalue weighted by atomic mass is 10.1. The fourth-order valence-electron chi connectivity index (χ4n) is 1.09. The number of thiocarbonyl (C=S) groups is 1. The maximum absolute atomic E-state index is 10.1. The van der Waals surface area contributed by atoms with E-state index >= 15 is 0 Å². The molecule has 5 nitrogen and oxygen atoms in total. The van der Waals surface area contributed by atoms with Crippen LogP contribution in [-0.4, -0.2) is 26.3 Å². The van der Waals surface area contributed by atoms with Crippen LogP contribution in [0.1, 0.15) is 18.4 Å². The minimum atomic E-state index is -1.27. The third-order valence-electron chi connectivity index (χ3n) is 2.12. The Balaban J connectivity index is 0.000000367. The number of carbonyl (C=O) groups is 2. The predicted molar refractivity (Wildman–Crippen MR) is 80.7 cm³/mol. The van der Waals surface area contributed by atoms with E-state index in [9.17, 15) is 9.59 Å². The molecule has 2 N–H and O–H groups in total. The smallest absolute Gasteiger partial charge is 0.320 e. The number of benzene rings is 1. The van der Waals surface area contributed by atoms with Crippen molar-refractivity contribution in [1.29, 1.82) is 5.26 Å². The molecule has 0 spiro atoms. The molecule has 0 aliphatic carbocycles. The van der Waals surface area contributed by atoms with Gasteiger partial charge in [0.25, 0.3) is 0 Å². The summed E-state index contributed by atoms with van der Waals surface area (Å²) >= 11 is 8.85. The van der Waals surface area contributed by atoms with Crippen LogP contribution in [0.15, 0.2) is 30.3 Å². The van der Waals surface area contributed by atoms with Crippen molar-refractivity contribution in [3.8, 4) is 6.07 Å². The van der Waals surface area contributed by atoms with Gasteiger partial charge in [-0.2, -0.15) is 5.26 Å². The van der Waals surface area contributed by atoms with E-state index in [1.54, 1.807) is 0 Å². The first-order chi connectivity index (χ1) is 9.38. The second-order valence-electron chi connectivity index (χ2n) is 3.62. The highest BCUT2D eigenvalue weighted by Gasteiger charge is 2.17. The van der Waals surface area contributed by atoms with Gasteiger partial charge in [-0.05, 0) is 12.0 Å². The lowest BCUT2D eigenvalue weighted by Gasteiger charge is -1.98. The van der Waals surface area contributed by atoms with Crippen molar-refractivity contribution in [2.24, 2.45) is 5.92 Å². The molecule has 0 aliphatic rings. The summed E-state index contributed by atoms with van der Waals surface area (Å²) in [6, 6.07) is 11.2. The Kier molecular flexibility index (Phi) is 9.00. The minimum Gasteiger partial charge on any atom is -0.481 e. The molecule has 106 valence electrons. The van der Waals surface area contributed by atoms with Crippen molar-refractivity contribution >= 4 is 41.0 Å². The normalized spacial score (nSPS) is 10.4. The molecule has 7 heteroatoms. The maximum Gasteiger partial charge on any atom is 0.320 e. The molecule has 1 aromatic rings. The molecule has 1 unspecified atom stereocenters. The number of hydrogen-bond donors (Lipinski definition) is 3. The van der Waals surface area contributed by atoms with Gasteiger partial charge in [0, 0.05) is 6.42 Å². The molecule has 1 rings (SSSR count). The number of carboxylic acids is 2. The second-order valence-corrected chi connectivity index (χ2v) is 4.78. The lowest BCUT2D eigenvalue weighted by Crippen LogP contribution is -2.12. The summed E-state index contributed by atoms with van der Waals surface area (Å²) in [6.45, 7) is 0. The maximum atomic E-state index is 10.1. The standard InChI is InChI=1S/C7H6S2.C6H7NO4/c8-7(9)6-4-2-1-3-5-6;7-3-4(6(10)11)1-2-5(8)9/h1-5H,(H,8,9);4H,1-2H2,(H,8,9)(H,10,11). The Hall–Kier alpha value is -1.91. The Morgan fingerprint density at radius 2 is 1.85 bits per heavy atom. The summed E-state index contributed by atoms with van der Waals surface area (Å²) in [5, 5.41) is 24.6. The Labute approximate surface area is 127 Å². The first-order valence-electron chi connectivity index (χ1n) is 5.51. The number of rotatable bonds is 5. The minimum absolute atomic E-state index is 0.138. The van der Waals surface area contributed by atoms with Gasteiger partial charge < -0.3 is 10.2 Å². The number of nitriles is 1. The number of hydrogen-bond acceptors (Lipinski definition) is 4. The van der Waals surface area contributed by atoms with E-state index in [0.29, 0.717) is 4.20 Å². The van der Waals surface area contributed by atoms with Crippen molar-refractivity contribution < 1.29 is 19.8 Å². The van der Waals surface area contributed by atoms with Crippen LogP contribution in [-0.2, 0) is 9.59 Å². The number of aliphatic carboxylic acids is 2. The van der Waals surface area contributed by atoms with Gasteiger partial charge in [0.05, 0.1) is 10.3 Å². The molecular weight excluding hydrogens is 298 g/mol. The van der Waals surface area contributed by atoms with Crippen LogP contribution in [0.25, 0.3) is 0 Å². The molecule has 0 aliphatic heterocycles. The van der Waals surface area contributed by atoms with Gasteiger partial charge in [-0.25, -0.2) is 0 Å². The van der Waals surface area contributed by atoms with Crippen molar-refractivity contribution in [1.82, 2.24) is 0 Å². The zero-order valence-corrected chi connectivity index (χ0v) is 12.1. The van der Waals surface area contributed by atoms with Gasteiger partial charge >= 0.3 is 11.9 Å². The molecule has 0 heterocycles. The van der Waals surface area contributed by atoms with E-state index in [1.807, 2.05) is 30.3 Å². The van der Waals surface area contributed by atoms with Gasteiger partial charge in [0.2, 0.25) is 0 Å². The summed E-state index contributed by atoms with van der Waals surface area (Å²) in [7, 11) is 0. The fourth-order valence-corrected chi connectivity index (χ4v) is 1.38. The summed E-state index contributed by atoms with van der Waals surface area (Å²) in [5.41, 5.74) is 1.01. The summed E-state index contributed by atoms with van der Waals surface area (Å²) in [6.07, 6.45) is -0.425. The topological polar surface area (TPSA) is 98.4 Å².